The van der Waals surface area contributed by atoms with Gasteiger partial charge in [-0.2, -0.15) is 0 Å². The number of nitrogens with zero attached hydrogens (tertiary/aromatic N) is 1. The first-order valence-corrected chi connectivity index (χ1v) is 7.66. The van der Waals surface area contributed by atoms with E-state index < -0.39 is 6.10 Å². The fourth-order valence-electron chi connectivity index (χ4n) is 2.44. The molecule has 0 radical (unpaired) electrons. The molecule has 0 aliphatic carbocycles. The second-order valence-electron chi connectivity index (χ2n) is 4.80. The number of pyridine rings is 1. The highest BCUT2D eigenvalue weighted by atomic mass is 32.2. The van der Waals surface area contributed by atoms with Gasteiger partial charge in [-0.1, -0.05) is 18.2 Å². The van der Waals surface area contributed by atoms with Crippen LogP contribution < -0.4 is 4.74 Å². The number of hydrogen-bond acceptors (Lipinski definition) is 4. The minimum absolute atomic E-state index is 0.145. The zero-order valence-electron chi connectivity index (χ0n) is 11.3. The number of aromatic nitrogens is 1. The molecule has 20 heavy (non-hydrogen) atoms. The lowest BCUT2D eigenvalue weighted by atomic mass is 10.0. The summed E-state index contributed by atoms with van der Waals surface area (Å²) in [6, 6.07) is 10.2. The fourth-order valence-corrected chi connectivity index (χ4v) is 3.78. The van der Waals surface area contributed by atoms with E-state index in [2.05, 4.69) is 17.1 Å². The van der Waals surface area contributed by atoms with Crippen LogP contribution in [-0.4, -0.2) is 21.9 Å². The molecule has 1 aromatic heterocycles. The summed E-state index contributed by atoms with van der Waals surface area (Å²) < 4.78 is 5.44. The number of fused-ring (bicyclic) bond motifs is 1. The Morgan fingerprint density at radius 1 is 1.40 bits per heavy atom. The van der Waals surface area contributed by atoms with Crippen LogP contribution in [0.2, 0.25) is 0 Å². The van der Waals surface area contributed by atoms with Gasteiger partial charge in [-0.25, -0.2) is 0 Å². The molecule has 3 rings (SSSR count). The Labute approximate surface area is 123 Å². The predicted octanol–water partition coefficient (Wildman–Crippen LogP) is 3.23. The number of hydrogen-bond donors (Lipinski definition) is 1. The van der Waals surface area contributed by atoms with Crippen molar-refractivity contribution in [2.45, 2.75) is 29.6 Å². The summed E-state index contributed by atoms with van der Waals surface area (Å²) in [5.74, 6) is 0.713. The molecular weight excluding hydrogens is 270 g/mol. The Hall–Kier alpha value is -1.52. The zero-order valence-corrected chi connectivity index (χ0v) is 12.1. The van der Waals surface area contributed by atoms with E-state index in [-0.39, 0.29) is 5.25 Å². The average Bonchev–Trinajstić information content (AvgIpc) is 2.91. The maximum Gasteiger partial charge on any atom is 0.137 e. The molecule has 4 heteroatoms. The third-order valence-corrected chi connectivity index (χ3v) is 4.79. The van der Waals surface area contributed by atoms with Gasteiger partial charge in [0.1, 0.15) is 5.75 Å². The summed E-state index contributed by atoms with van der Waals surface area (Å²) in [5, 5.41) is 10.7. The topological polar surface area (TPSA) is 42.4 Å². The highest BCUT2D eigenvalue weighted by molar-refractivity contribution is 8.00. The van der Waals surface area contributed by atoms with Crippen LogP contribution in [-0.2, 0) is 6.42 Å². The van der Waals surface area contributed by atoms with Crippen molar-refractivity contribution < 1.29 is 9.84 Å². The predicted molar refractivity (Wildman–Crippen MR) is 80.2 cm³/mol. The van der Waals surface area contributed by atoms with E-state index in [1.165, 1.54) is 10.5 Å². The molecule has 0 saturated heterocycles. The lowest BCUT2D eigenvalue weighted by Gasteiger charge is -2.17. The first kappa shape index (κ1) is 13.5. The molecule has 0 bridgehead atoms. The molecule has 0 fully saturated rings. The molecule has 0 spiro atoms. The van der Waals surface area contributed by atoms with Crippen LogP contribution in [0.1, 0.15) is 24.2 Å². The van der Waals surface area contributed by atoms with Crippen LogP contribution in [0.25, 0.3) is 0 Å². The molecule has 2 atom stereocenters. The van der Waals surface area contributed by atoms with Gasteiger partial charge in [0, 0.05) is 21.9 Å². The minimum Gasteiger partial charge on any atom is -0.492 e. The van der Waals surface area contributed by atoms with Crippen molar-refractivity contribution in [3.05, 3.63) is 53.9 Å². The minimum atomic E-state index is -0.527. The van der Waals surface area contributed by atoms with Gasteiger partial charge in [-0.3, -0.25) is 4.98 Å². The van der Waals surface area contributed by atoms with E-state index in [1.54, 1.807) is 24.2 Å². The van der Waals surface area contributed by atoms with Crippen LogP contribution >= 0.6 is 11.8 Å². The quantitative estimate of drug-likeness (QED) is 0.937. The molecule has 0 amide bonds. The largest absolute Gasteiger partial charge is 0.492 e. The molecule has 0 saturated carbocycles. The molecular formula is C16H17NO2S. The zero-order chi connectivity index (χ0) is 13.9. The number of ether oxygens (including phenoxy) is 1. The Balaban J connectivity index is 1.77. The van der Waals surface area contributed by atoms with Gasteiger partial charge in [-0.05, 0) is 31.0 Å². The molecule has 104 valence electrons. The molecule has 2 aromatic rings. The number of aliphatic hydroxyl groups is 1. The van der Waals surface area contributed by atoms with Gasteiger partial charge in [0.15, 0.2) is 0 Å². The summed E-state index contributed by atoms with van der Waals surface area (Å²) in [4.78, 5) is 5.42. The Kier molecular flexibility index (Phi) is 3.94. The Morgan fingerprint density at radius 3 is 3.05 bits per heavy atom. The van der Waals surface area contributed by atoms with Crippen LogP contribution in [0, 0.1) is 0 Å². The average molecular weight is 287 g/mol. The Bertz CT molecular complexity index is 578. The van der Waals surface area contributed by atoms with E-state index in [9.17, 15) is 5.11 Å². The summed E-state index contributed by atoms with van der Waals surface area (Å²) in [6.45, 7) is 2.54. The van der Waals surface area contributed by atoms with Crippen LogP contribution in [0.5, 0.6) is 5.75 Å². The van der Waals surface area contributed by atoms with Crippen molar-refractivity contribution in [1.82, 2.24) is 4.98 Å². The molecule has 3 nitrogen and oxygen atoms in total. The fraction of sp³-hybridized carbons (Fsp3) is 0.312. The number of aliphatic hydroxyl groups excluding tert-OH is 1. The van der Waals surface area contributed by atoms with Gasteiger partial charge < -0.3 is 9.84 Å². The van der Waals surface area contributed by atoms with Crippen LogP contribution in [0.3, 0.4) is 0 Å². The first-order chi connectivity index (χ1) is 9.78. The van der Waals surface area contributed by atoms with Crippen molar-refractivity contribution in [1.29, 1.82) is 0 Å². The number of rotatable bonds is 4. The van der Waals surface area contributed by atoms with Crippen LogP contribution in [0.15, 0.2) is 47.6 Å². The summed E-state index contributed by atoms with van der Waals surface area (Å²) in [7, 11) is 0. The second-order valence-corrected chi connectivity index (χ2v) is 6.08. The number of thioether (sulfide) groups is 1. The highest BCUT2D eigenvalue weighted by Gasteiger charge is 2.29. The van der Waals surface area contributed by atoms with Crippen molar-refractivity contribution in [3.8, 4) is 5.75 Å². The molecule has 1 aliphatic rings. The van der Waals surface area contributed by atoms with Crippen molar-refractivity contribution in [2.24, 2.45) is 0 Å². The molecule has 1 N–H and O–H groups in total. The van der Waals surface area contributed by atoms with Crippen LogP contribution in [0.4, 0.5) is 0 Å². The molecule has 1 aromatic carbocycles. The van der Waals surface area contributed by atoms with Crippen molar-refractivity contribution in [2.75, 3.05) is 6.61 Å². The normalized spacial score (nSPS) is 18.6. The SMILES string of the molecule is CCOc1cncc(C(O)C2Cc3ccccc3S2)c1. The lowest BCUT2D eigenvalue weighted by Crippen LogP contribution is -2.14. The third kappa shape index (κ3) is 2.67. The molecule has 2 heterocycles. The number of benzene rings is 1. The summed E-state index contributed by atoms with van der Waals surface area (Å²) in [5.41, 5.74) is 2.14. The maximum atomic E-state index is 10.6. The van der Waals surface area contributed by atoms with E-state index in [0.717, 1.165) is 12.0 Å². The monoisotopic (exact) mass is 287 g/mol. The van der Waals surface area contributed by atoms with Gasteiger partial charge >= 0.3 is 0 Å². The van der Waals surface area contributed by atoms with E-state index in [0.29, 0.717) is 12.4 Å². The van der Waals surface area contributed by atoms with Gasteiger partial charge in [0.25, 0.3) is 0 Å². The third-order valence-electron chi connectivity index (χ3n) is 3.41. The van der Waals surface area contributed by atoms with E-state index in [4.69, 9.17) is 4.74 Å². The van der Waals surface area contributed by atoms with E-state index in [1.807, 2.05) is 25.1 Å². The van der Waals surface area contributed by atoms with Gasteiger partial charge in [-0.15, -0.1) is 11.8 Å². The van der Waals surface area contributed by atoms with Gasteiger partial charge in [0.2, 0.25) is 0 Å². The van der Waals surface area contributed by atoms with Crippen molar-refractivity contribution >= 4 is 11.8 Å². The van der Waals surface area contributed by atoms with Crippen molar-refractivity contribution in [3.63, 3.8) is 0 Å². The second kappa shape index (κ2) is 5.85. The van der Waals surface area contributed by atoms with Gasteiger partial charge in [0.05, 0.1) is 18.9 Å². The highest BCUT2D eigenvalue weighted by Crippen LogP contribution is 2.42. The Morgan fingerprint density at radius 2 is 2.25 bits per heavy atom. The molecule has 2 unspecified atom stereocenters. The first-order valence-electron chi connectivity index (χ1n) is 6.78. The maximum absolute atomic E-state index is 10.6. The molecule has 1 aliphatic heterocycles. The summed E-state index contributed by atoms with van der Waals surface area (Å²) >= 11 is 1.74. The standard InChI is InChI=1S/C16H17NO2S/c1-2-19-13-7-12(9-17-10-13)16(18)15-8-11-5-3-4-6-14(11)20-15/h3-7,9-10,15-16,18H,2,8H2,1H3. The summed E-state index contributed by atoms with van der Waals surface area (Å²) in [6.07, 6.45) is 3.76. The van der Waals surface area contributed by atoms with E-state index >= 15 is 0 Å². The smallest absolute Gasteiger partial charge is 0.137 e. The lowest BCUT2D eigenvalue weighted by molar-refractivity contribution is 0.174.